The van der Waals surface area contributed by atoms with Crippen LogP contribution in [-0.2, 0) is 17.5 Å². The summed E-state index contributed by atoms with van der Waals surface area (Å²) in [5.74, 6) is -0.460. The number of hydrogen-bond acceptors (Lipinski definition) is 4. The summed E-state index contributed by atoms with van der Waals surface area (Å²) in [6, 6.07) is 6.55. The Hall–Kier alpha value is -3.10. The van der Waals surface area contributed by atoms with Crippen molar-refractivity contribution in [3.8, 4) is 0 Å². The quantitative estimate of drug-likeness (QED) is 0.713. The van der Waals surface area contributed by atoms with E-state index in [4.69, 9.17) is 0 Å². The van der Waals surface area contributed by atoms with E-state index in [9.17, 15) is 18.0 Å². The lowest BCUT2D eigenvalue weighted by molar-refractivity contribution is -0.141. The zero-order chi connectivity index (χ0) is 20.4. The average molecular weight is 403 g/mol. The molecule has 1 aliphatic rings. The normalized spacial score (nSPS) is 14.9. The Kier molecular flexibility index (Phi) is 5.12. The van der Waals surface area contributed by atoms with Crippen molar-refractivity contribution < 1.29 is 18.0 Å². The molecule has 3 aromatic rings. The number of benzene rings is 1. The van der Waals surface area contributed by atoms with E-state index in [2.05, 4.69) is 20.3 Å². The molecule has 152 valence electrons. The second kappa shape index (κ2) is 7.73. The third-order valence-electron chi connectivity index (χ3n) is 5.00. The third-order valence-corrected chi connectivity index (χ3v) is 5.00. The van der Waals surface area contributed by atoms with Crippen LogP contribution in [0, 0.1) is 0 Å². The number of nitrogens with one attached hydrogen (secondary N) is 1. The monoisotopic (exact) mass is 403 g/mol. The van der Waals surface area contributed by atoms with Crippen molar-refractivity contribution in [3.63, 3.8) is 0 Å². The number of piperidine rings is 1. The van der Waals surface area contributed by atoms with E-state index >= 15 is 0 Å². The van der Waals surface area contributed by atoms with Crippen LogP contribution in [-0.4, -0.2) is 33.8 Å². The Bertz CT molecular complexity index is 1020. The van der Waals surface area contributed by atoms with Crippen LogP contribution in [0.1, 0.15) is 25.0 Å². The summed E-state index contributed by atoms with van der Waals surface area (Å²) in [5.41, 5.74) is 0.648. The van der Waals surface area contributed by atoms with Gasteiger partial charge >= 0.3 is 6.18 Å². The van der Waals surface area contributed by atoms with Gasteiger partial charge in [0.15, 0.2) is 5.69 Å². The Morgan fingerprint density at radius 1 is 1.07 bits per heavy atom. The minimum absolute atomic E-state index is 0.314. The van der Waals surface area contributed by atoms with Crippen molar-refractivity contribution >= 4 is 28.1 Å². The van der Waals surface area contributed by atoms with Crippen molar-refractivity contribution in [2.45, 2.75) is 32.0 Å². The van der Waals surface area contributed by atoms with Crippen LogP contribution < -0.4 is 10.2 Å². The van der Waals surface area contributed by atoms with E-state index in [1.807, 2.05) is 18.2 Å². The van der Waals surface area contributed by atoms with Gasteiger partial charge in [-0.15, -0.1) is 0 Å². The van der Waals surface area contributed by atoms with E-state index in [0.29, 0.717) is 5.69 Å². The molecule has 1 saturated heterocycles. The van der Waals surface area contributed by atoms with Crippen LogP contribution in [0.25, 0.3) is 10.8 Å². The van der Waals surface area contributed by atoms with Crippen LogP contribution in [0.5, 0.6) is 0 Å². The predicted octanol–water partition coefficient (Wildman–Crippen LogP) is 4.08. The van der Waals surface area contributed by atoms with E-state index in [1.54, 1.807) is 12.4 Å². The Morgan fingerprint density at radius 3 is 2.59 bits per heavy atom. The molecule has 0 spiro atoms. The first kappa shape index (κ1) is 19.2. The van der Waals surface area contributed by atoms with Crippen LogP contribution in [0.2, 0.25) is 0 Å². The summed E-state index contributed by atoms with van der Waals surface area (Å²) < 4.78 is 39.0. The number of halogens is 3. The minimum Gasteiger partial charge on any atom is -0.371 e. The Labute approximate surface area is 165 Å². The summed E-state index contributed by atoms with van der Waals surface area (Å²) in [7, 11) is 0. The number of carbonyl (C=O) groups is 1. The van der Waals surface area contributed by atoms with Crippen LogP contribution in [0.4, 0.5) is 24.5 Å². The summed E-state index contributed by atoms with van der Waals surface area (Å²) in [5, 5.41) is 7.96. The van der Waals surface area contributed by atoms with Crippen LogP contribution in [0.3, 0.4) is 0 Å². The molecule has 1 fully saturated rings. The van der Waals surface area contributed by atoms with Crippen molar-refractivity contribution in [1.82, 2.24) is 14.8 Å². The predicted molar refractivity (Wildman–Crippen MR) is 104 cm³/mol. The van der Waals surface area contributed by atoms with Gasteiger partial charge in [-0.25, -0.2) is 0 Å². The molecule has 0 bridgehead atoms. The third kappa shape index (κ3) is 4.18. The maximum absolute atomic E-state index is 12.7. The van der Waals surface area contributed by atoms with Gasteiger partial charge in [0.25, 0.3) is 0 Å². The molecule has 3 heterocycles. The van der Waals surface area contributed by atoms with Crippen LogP contribution >= 0.6 is 0 Å². The van der Waals surface area contributed by atoms with Gasteiger partial charge in [-0.05, 0) is 43.5 Å². The van der Waals surface area contributed by atoms with Gasteiger partial charge in [0.05, 0.1) is 5.69 Å². The van der Waals surface area contributed by atoms with E-state index < -0.39 is 17.8 Å². The molecular formula is C20H20F3N5O. The smallest absolute Gasteiger partial charge is 0.371 e. The lowest BCUT2D eigenvalue weighted by Gasteiger charge is -2.30. The highest BCUT2D eigenvalue weighted by Crippen LogP contribution is 2.33. The molecule has 6 nitrogen and oxygen atoms in total. The number of carbonyl (C=O) groups excluding carboxylic acids is 1. The fourth-order valence-corrected chi connectivity index (χ4v) is 3.63. The largest absolute Gasteiger partial charge is 0.435 e. The summed E-state index contributed by atoms with van der Waals surface area (Å²) >= 11 is 0. The fourth-order valence-electron chi connectivity index (χ4n) is 3.63. The summed E-state index contributed by atoms with van der Waals surface area (Å²) in [4.78, 5) is 18.9. The molecule has 29 heavy (non-hydrogen) atoms. The van der Waals surface area contributed by atoms with Gasteiger partial charge in [-0.1, -0.05) is 0 Å². The van der Waals surface area contributed by atoms with Gasteiger partial charge < -0.3 is 10.2 Å². The second-order valence-electron chi connectivity index (χ2n) is 7.05. The number of aromatic nitrogens is 3. The maximum atomic E-state index is 12.7. The van der Waals surface area contributed by atoms with Crippen molar-refractivity contribution in [3.05, 3.63) is 48.5 Å². The van der Waals surface area contributed by atoms with E-state index in [0.717, 1.165) is 59.3 Å². The van der Waals surface area contributed by atoms with Gasteiger partial charge in [0, 0.05) is 48.1 Å². The van der Waals surface area contributed by atoms with Gasteiger partial charge in [0.2, 0.25) is 5.91 Å². The summed E-state index contributed by atoms with van der Waals surface area (Å²) in [6.07, 6.45) is 3.53. The minimum atomic E-state index is -4.53. The first-order valence-electron chi connectivity index (χ1n) is 9.44. The molecule has 2 aromatic heterocycles. The first-order valence-corrected chi connectivity index (χ1v) is 9.44. The molecule has 1 aromatic carbocycles. The molecule has 0 saturated carbocycles. The van der Waals surface area contributed by atoms with Crippen molar-refractivity contribution in [2.24, 2.45) is 0 Å². The van der Waals surface area contributed by atoms with Gasteiger partial charge in [-0.2, -0.15) is 18.3 Å². The number of pyridine rings is 1. The second-order valence-corrected chi connectivity index (χ2v) is 7.05. The Balaban J connectivity index is 1.55. The number of amides is 1. The fraction of sp³-hybridized carbons (Fsp3) is 0.350. The molecule has 1 N–H and O–H groups in total. The molecule has 0 atom stereocenters. The number of nitrogens with zero attached hydrogens (tertiary/aromatic N) is 4. The van der Waals surface area contributed by atoms with E-state index in [1.165, 1.54) is 6.42 Å². The number of fused-ring (bicyclic) bond motifs is 1. The number of anilines is 2. The number of alkyl halides is 3. The average Bonchev–Trinajstić information content (AvgIpc) is 3.18. The molecule has 1 aliphatic heterocycles. The topological polar surface area (TPSA) is 63.1 Å². The highest BCUT2D eigenvalue weighted by Gasteiger charge is 2.33. The SMILES string of the molecule is O=C(Cn1ccc(C(F)(F)F)n1)Nc1ccc(N2CCCCC2)c2ccncc12. The van der Waals surface area contributed by atoms with E-state index in [-0.39, 0.29) is 6.54 Å². The molecule has 0 aliphatic carbocycles. The molecule has 9 heteroatoms. The molecule has 1 amide bonds. The van der Waals surface area contributed by atoms with Crippen LogP contribution in [0.15, 0.2) is 42.9 Å². The first-order chi connectivity index (χ1) is 13.9. The van der Waals surface area contributed by atoms with Gasteiger partial charge in [0.1, 0.15) is 6.54 Å². The standard InChI is InChI=1S/C20H20F3N5O/c21-20(22,23)18-7-11-28(26-18)13-19(29)25-16-4-5-17(27-9-2-1-3-10-27)14-6-8-24-12-15(14)16/h4-8,11-12H,1-3,9-10,13H2,(H,25,29). The summed E-state index contributed by atoms with van der Waals surface area (Å²) in [6.45, 7) is 1.67. The number of hydrogen-bond donors (Lipinski definition) is 1. The molecule has 0 radical (unpaired) electrons. The maximum Gasteiger partial charge on any atom is 0.435 e. The van der Waals surface area contributed by atoms with Crippen molar-refractivity contribution in [1.29, 1.82) is 0 Å². The highest BCUT2D eigenvalue weighted by atomic mass is 19.4. The van der Waals surface area contributed by atoms with Crippen molar-refractivity contribution in [2.75, 3.05) is 23.3 Å². The Morgan fingerprint density at radius 2 is 1.86 bits per heavy atom. The lowest BCUT2D eigenvalue weighted by Crippen LogP contribution is -2.29. The molecule has 0 unspecified atom stereocenters. The number of rotatable bonds is 4. The lowest BCUT2D eigenvalue weighted by atomic mass is 10.1. The highest BCUT2D eigenvalue weighted by molar-refractivity contribution is 6.06. The molecule has 4 rings (SSSR count). The molecular weight excluding hydrogens is 383 g/mol. The zero-order valence-corrected chi connectivity index (χ0v) is 15.6. The van der Waals surface area contributed by atoms with Gasteiger partial charge in [-0.3, -0.25) is 14.5 Å². The zero-order valence-electron chi connectivity index (χ0n) is 15.6.